The SMILES string of the molecule is O=C1CCc2ccccc21.O=C1CCc2ccccc21. The lowest BCUT2D eigenvalue weighted by Crippen LogP contribution is -1.88. The van der Waals surface area contributed by atoms with Gasteiger partial charge < -0.3 is 0 Å². The van der Waals surface area contributed by atoms with Gasteiger partial charge in [0.05, 0.1) is 0 Å². The molecule has 2 aromatic carbocycles. The summed E-state index contributed by atoms with van der Waals surface area (Å²) < 4.78 is 0. The van der Waals surface area contributed by atoms with Gasteiger partial charge >= 0.3 is 0 Å². The van der Waals surface area contributed by atoms with Crippen LogP contribution in [0.1, 0.15) is 44.7 Å². The van der Waals surface area contributed by atoms with Crippen LogP contribution in [0, 0.1) is 0 Å². The second-order valence-corrected chi connectivity index (χ2v) is 5.16. The second-order valence-electron chi connectivity index (χ2n) is 5.16. The number of Topliss-reactive ketones (excluding diaryl/α,β-unsaturated/α-hetero) is 2. The molecule has 100 valence electrons. The quantitative estimate of drug-likeness (QED) is 0.728. The maximum absolute atomic E-state index is 11.1. The van der Waals surface area contributed by atoms with E-state index in [1.54, 1.807) is 0 Å². The molecule has 20 heavy (non-hydrogen) atoms. The lowest BCUT2D eigenvalue weighted by molar-refractivity contribution is 0.0986. The third kappa shape index (κ3) is 2.42. The first-order chi connectivity index (χ1) is 9.75. The molecular weight excluding hydrogens is 248 g/mol. The molecule has 0 fully saturated rings. The molecule has 0 atom stereocenters. The zero-order valence-electron chi connectivity index (χ0n) is 11.3. The van der Waals surface area contributed by atoms with Crippen LogP contribution in [-0.2, 0) is 12.8 Å². The van der Waals surface area contributed by atoms with E-state index in [1.807, 2.05) is 48.5 Å². The number of hydrogen-bond acceptors (Lipinski definition) is 2. The van der Waals surface area contributed by atoms with Gasteiger partial charge in [-0.05, 0) is 24.0 Å². The maximum atomic E-state index is 11.1. The Kier molecular flexibility index (Phi) is 3.46. The number of hydrogen-bond donors (Lipinski definition) is 0. The fraction of sp³-hybridized carbons (Fsp3) is 0.222. The summed E-state index contributed by atoms with van der Waals surface area (Å²) in [4.78, 5) is 22.1. The van der Waals surface area contributed by atoms with E-state index in [2.05, 4.69) is 0 Å². The number of fused-ring (bicyclic) bond motifs is 2. The van der Waals surface area contributed by atoms with Crippen LogP contribution in [0.15, 0.2) is 48.5 Å². The Morgan fingerprint density at radius 2 is 0.950 bits per heavy atom. The van der Waals surface area contributed by atoms with Crippen molar-refractivity contribution in [2.45, 2.75) is 25.7 Å². The molecular formula is C18H16O2. The number of carbonyl (C=O) groups is 2. The van der Waals surface area contributed by atoms with Crippen LogP contribution in [0.2, 0.25) is 0 Å². The predicted molar refractivity (Wildman–Crippen MR) is 78.2 cm³/mol. The smallest absolute Gasteiger partial charge is 0.163 e. The molecule has 4 rings (SSSR count). The summed E-state index contributed by atoms with van der Waals surface area (Å²) in [5.74, 6) is 0.603. The summed E-state index contributed by atoms with van der Waals surface area (Å²) in [5, 5.41) is 0. The van der Waals surface area contributed by atoms with Gasteiger partial charge in [-0.15, -0.1) is 0 Å². The zero-order chi connectivity index (χ0) is 13.9. The third-order valence-corrected chi connectivity index (χ3v) is 3.88. The Morgan fingerprint density at radius 1 is 0.550 bits per heavy atom. The van der Waals surface area contributed by atoms with Gasteiger partial charge in [0.1, 0.15) is 0 Å². The minimum Gasteiger partial charge on any atom is -0.294 e. The van der Waals surface area contributed by atoms with Crippen molar-refractivity contribution in [1.82, 2.24) is 0 Å². The van der Waals surface area contributed by atoms with E-state index in [9.17, 15) is 9.59 Å². The molecule has 0 aliphatic heterocycles. The molecule has 0 heterocycles. The van der Waals surface area contributed by atoms with E-state index in [1.165, 1.54) is 11.1 Å². The Hall–Kier alpha value is -2.22. The van der Waals surface area contributed by atoms with Gasteiger partial charge in [-0.25, -0.2) is 0 Å². The summed E-state index contributed by atoms with van der Waals surface area (Å²) in [6, 6.07) is 15.7. The van der Waals surface area contributed by atoms with Crippen LogP contribution in [0.25, 0.3) is 0 Å². The fourth-order valence-electron chi connectivity index (χ4n) is 2.79. The largest absolute Gasteiger partial charge is 0.294 e. The highest BCUT2D eigenvalue weighted by molar-refractivity contribution is 6.00. The first kappa shape index (κ1) is 12.8. The van der Waals surface area contributed by atoms with Crippen molar-refractivity contribution in [3.63, 3.8) is 0 Å². The van der Waals surface area contributed by atoms with Gasteiger partial charge in [-0.2, -0.15) is 0 Å². The highest BCUT2D eigenvalue weighted by Gasteiger charge is 2.17. The summed E-state index contributed by atoms with van der Waals surface area (Å²) in [5.41, 5.74) is 4.30. The monoisotopic (exact) mass is 264 g/mol. The molecule has 0 saturated carbocycles. The lowest BCUT2D eigenvalue weighted by Gasteiger charge is -1.92. The summed E-state index contributed by atoms with van der Waals surface area (Å²) in [6.07, 6.45) is 3.29. The Labute approximate surface area is 118 Å². The summed E-state index contributed by atoms with van der Waals surface area (Å²) >= 11 is 0. The van der Waals surface area contributed by atoms with Crippen LogP contribution in [0.5, 0.6) is 0 Å². The first-order valence-corrected chi connectivity index (χ1v) is 6.98. The molecule has 0 amide bonds. The van der Waals surface area contributed by atoms with Crippen LogP contribution >= 0.6 is 0 Å². The first-order valence-electron chi connectivity index (χ1n) is 6.98. The maximum Gasteiger partial charge on any atom is 0.163 e. The van der Waals surface area contributed by atoms with Crippen molar-refractivity contribution >= 4 is 11.6 Å². The number of rotatable bonds is 0. The molecule has 0 N–H and O–H groups in total. The van der Waals surface area contributed by atoms with Crippen molar-refractivity contribution in [1.29, 1.82) is 0 Å². The molecule has 2 aliphatic carbocycles. The average molecular weight is 264 g/mol. The van der Waals surface area contributed by atoms with E-state index in [4.69, 9.17) is 0 Å². The van der Waals surface area contributed by atoms with Crippen molar-refractivity contribution in [2.24, 2.45) is 0 Å². The minimum atomic E-state index is 0.301. The van der Waals surface area contributed by atoms with Crippen molar-refractivity contribution < 1.29 is 9.59 Å². The Bertz CT molecular complexity index is 611. The lowest BCUT2D eigenvalue weighted by atomic mass is 10.1. The van der Waals surface area contributed by atoms with E-state index < -0.39 is 0 Å². The fourth-order valence-corrected chi connectivity index (χ4v) is 2.79. The van der Waals surface area contributed by atoms with Gasteiger partial charge in [0, 0.05) is 24.0 Å². The van der Waals surface area contributed by atoms with Crippen LogP contribution < -0.4 is 0 Å². The van der Waals surface area contributed by atoms with Gasteiger partial charge in [0.25, 0.3) is 0 Å². The highest BCUT2D eigenvalue weighted by atomic mass is 16.1. The molecule has 0 spiro atoms. The van der Waals surface area contributed by atoms with Crippen molar-refractivity contribution in [3.05, 3.63) is 70.8 Å². The third-order valence-electron chi connectivity index (χ3n) is 3.88. The molecule has 2 heteroatoms. The van der Waals surface area contributed by atoms with Crippen LogP contribution in [-0.4, -0.2) is 11.6 Å². The van der Waals surface area contributed by atoms with E-state index >= 15 is 0 Å². The molecule has 2 aliphatic rings. The molecule has 0 bridgehead atoms. The van der Waals surface area contributed by atoms with E-state index in [0.717, 1.165) is 24.0 Å². The van der Waals surface area contributed by atoms with Crippen LogP contribution in [0.4, 0.5) is 0 Å². The molecule has 2 nitrogen and oxygen atoms in total. The van der Waals surface area contributed by atoms with E-state index in [-0.39, 0.29) is 0 Å². The van der Waals surface area contributed by atoms with Crippen LogP contribution in [0.3, 0.4) is 0 Å². The molecule has 0 radical (unpaired) electrons. The predicted octanol–water partition coefficient (Wildman–Crippen LogP) is 3.63. The summed E-state index contributed by atoms with van der Waals surface area (Å²) in [7, 11) is 0. The van der Waals surface area contributed by atoms with Gasteiger partial charge in [0.15, 0.2) is 11.6 Å². The molecule has 0 unspecified atom stereocenters. The number of aryl methyl sites for hydroxylation is 2. The van der Waals surface area contributed by atoms with Crippen molar-refractivity contribution in [3.8, 4) is 0 Å². The highest BCUT2D eigenvalue weighted by Crippen LogP contribution is 2.21. The summed E-state index contributed by atoms with van der Waals surface area (Å²) in [6.45, 7) is 0. The normalized spacial score (nSPS) is 15.4. The van der Waals surface area contributed by atoms with Gasteiger partial charge in [0.2, 0.25) is 0 Å². The Morgan fingerprint density at radius 3 is 1.35 bits per heavy atom. The average Bonchev–Trinajstić information content (AvgIpc) is 3.05. The zero-order valence-corrected chi connectivity index (χ0v) is 11.3. The number of ketones is 2. The standard InChI is InChI=1S/2C9H8O/c2*10-9-6-5-7-3-1-2-4-8(7)9/h2*1-4H,5-6H2. The van der Waals surface area contributed by atoms with E-state index in [0.29, 0.717) is 24.4 Å². The minimum absolute atomic E-state index is 0.301. The van der Waals surface area contributed by atoms with Gasteiger partial charge in [-0.3, -0.25) is 9.59 Å². The second kappa shape index (κ2) is 5.41. The van der Waals surface area contributed by atoms with Gasteiger partial charge in [-0.1, -0.05) is 48.5 Å². The molecule has 2 aromatic rings. The molecule has 0 aromatic heterocycles. The molecule has 0 saturated heterocycles. The Balaban J connectivity index is 0.000000121. The number of benzene rings is 2. The number of carbonyl (C=O) groups excluding carboxylic acids is 2. The van der Waals surface area contributed by atoms with Crippen molar-refractivity contribution in [2.75, 3.05) is 0 Å². The topological polar surface area (TPSA) is 34.1 Å².